The molecular formula is C19H23FN6O3. The molecular weight excluding hydrogens is 379 g/mol. The fourth-order valence-corrected chi connectivity index (χ4v) is 2.50. The van der Waals surface area contributed by atoms with Crippen LogP contribution in [0.1, 0.15) is 33.1 Å². The second-order valence-corrected chi connectivity index (χ2v) is 7.57. The number of nitrogens with zero attached hydrogens (tertiary/aromatic N) is 4. The minimum absolute atomic E-state index is 0.145. The number of ether oxygens (including phenoxy) is 1. The van der Waals surface area contributed by atoms with Gasteiger partial charge in [0.2, 0.25) is 17.6 Å². The van der Waals surface area contributed by atoms with Crippen molar-refractivity contribution in [1.82, 2.24) is 30.6 Å². The van der Waals surface area contributed by atoms with Gasteiger partial charge >= 0.3 is 0 Å². The Balaban J connectivity index is 1.54. The fourth-order valence-electron chi connectivity index (χ4n) is 2.50. The normalized spacial score (nSPS) is 12.6. The van der Waals surface area contributed by atoms with Crippen LogP contribution in [0, 0.1) is 11.2 Å². The molecule has 1 unspecified atom stereocenters. The first-order valence-corrected chi connectivity index (χ1v) is 9.18. The summed E-state index contributed by atoms with van der Waals surface area (Å²) in [5.41, 5.74) is -0.287. The molecule has 1 aromatic carbocycles. The largest absolute Gasteiger partial charge is 0.488 e. The molecule has 0 spiro atoms. The van der Waals surface area contributed by atoms with E-state index < -0.39 is 5.82 Å². The molecule has 0 aliphatic carbocycles. The van der Waals surface area contributed by atoms with Gasteiger partial charge in [-0.15, -0.1) is 0 Å². The Morgan fingerprint density at radius 3 is 2.83 bits per heavy atom. The summed E-state index contributed by atoms with van der Waals surface area (Å²) in [6.07, 6.45) is 1.77. The Bertz CT molecular complexity index is 936. The van der Waals surface area contributed by atoms with Gasteiger partial charge in [-0.3, -0.25) is 9.89 Å². The number of hydrogen-bond acceptors (Lipinski definition) is 7. The van der Waals surface area contributed by atoms with Crippen LogP contribution in [0.2, 0.25) is 0 Å². The maximum atomic E-state index is 13.8. The maximum Gasteiger partial charge on any atom is 0.239 e. The molecule has 10 heteroatoms. The first kappa shape index (κ1) is 20.4. The molecule has 0 bridgehead atoms. The van der Waals surface area contributed by atoms with Crippen LogP contribution in [0.5, 0.6) is 5.75 Å². The molecule has 2 heterocycles. The van der Waals surface area contributed by atoms with Gasteiger partial charge in [-0.1, -0.05) is 38.1 Å². The Kier molecular flexibility index (Phi) is 6.20. The number of aromatic nitrogens is 5. The van der Waals surface area contributed by atoms with Crippen LogP contribution in [0.4, 0.5) is 4.39 Å². The lowest BCUT2D eigenvalue weighted by Gasteiger charge is -2.31. The van der Waals surface area contributed by atoms with Gasteiger partial charge in [-0.05, 0) is 17.5 Å². The Labute approximate surface area is 167 Å². The predicted molar refractivity (Wildman–Crippen MR) is 101 cm³/mol. The summed E-state index contributed by atoms with van der Waals surface area (Å²) in [5, 5.41) is 13.1. The third-order valence-corrected chi connectivity index (χ3v) is 4.28. The summed E-state index contributed by atoms with van der Waals surface area (Å²) in [6.45, 7) is 6.07. The molecule has 0 saturated carbocycles. The number of carbonyl (C=O) groups is 1. The summed E-state index contributed by atoms with van der Waals surface area (Å²) in [4.78, 5) is 20.6. The van der Waals surface area contributed by atoms with Crippen molar-refractivity contribution in [1.29, 1.82) is 0 Å². The van der Waals surface area contributed by atoms with Crippen molar-refractivity contribution in [3.63, 3.8) is 0 Å². The zero-order chi connectivity index (χ0) is 20.9. The quantitative estimate of drug-likeness (QED) is 0.594. The Morgan fingerprint density at radius 2 is 2.14 bits per heavy atom. The second kappa shape index (κ2) is 8.80. The van der Waals surface area contributed by atoms with E-state index in [2.05, 4.69) is 30.6 Å². The van der Waals surface area contributed by atoms with Gasteiger partial charge in [-0.25, -0.2) is 9.37 Å². The molecule has 3 rings (SSSR count). The number of carbonyl (C=O) groups excluding carboxylic acids is 1. The molecule has 9 nitrogen and oxygen atoms in total. The first-order chi connectivity index (χ1) is 13.8. The van der Waals surface area contributed by atoms with E-state index in [4.69, 9.17) is 9.26 Å². The van der Waals surface area contributed by atoms with Crippen molar-refractivity contribution < 1.29 is 18.4 Å². The first-order valence-electron chi connectivity index (χ1n) is 9.18. The molecule has 0 saturated heterocycles. The van der Waals surface area contributed by atoms with E-state index in [1.54, 1.807) is 18.2 Å². The number of amides is 1. The third-order valence-electron chi connectivity index (χ3n) is 4.28. The number of benzene rings is 1. The van der Waals surface area contributed by atoms with Crippen molar-refractivity contribution >= 4 is 5.91 Å². The van der Waals surface area contributed by atoms with Gasteiger partial charge in [0.05, 0.1) is 6.04 Å². The summed E-state index contributed by atoms with van der Waals surface area (Å²) in [5.74, 6) is 0.515. The lowest BCUT2D eigenvalue weighted by Crippen LogP contribution is -2.47. The highest BCUT2D eigenvalue weighted by molar-refractivity contribution is 5.76. The van der Waals surface area contributed by atoms with E-state index in [9.17, 15) is 9.18 Å². The van der Waals surface area contributed by atoms with Crippen LogP contribution in [-0.2, 0) is 11.2 Å². The van der Waals surface area contributed by atoms with Crippen molar-refractivity contribution in [2.75, 3.05) is 6.61 Å². The van der Waals surface area contributed by atoms with Gasteiger partial charge in [0.25, 0.3) is 0 Å². The molecule has 29 heavy (non-hydrogen) atoms. The molecule has 0 aliphatic heterocycles. The topological polar surface area (TPSA) is 119 Å². The minimum Gasteiger partial charge on any atom is -0.488 e. The van der Waals surface area contributed by atoms with Gasteiger partial charge in [0.15, 0.2) is 17.4 Å². The number of H-pyrrole nitrogens is 1. The molecule has 3 aromatic rings. The van der Waals surface area contributed by atoms with E-state index in [1.807, 2.05) is 20.8 Å². The van der Waals surface area contributed by atoms with Gasteiger partial charge in [0, 0.05) is 12.8 Å². The van der Waals surface area contributed by atoms with Crippen LogP contribution in [0.3, 0.4) is 0 Å². The zero-order valence-electron chi connectivity index (χ0n) is 16.5. The lowest BCUT2D eigenvalue weighted by atomic mass is 9.87. The van der Waals surface area contributed by atoms with E-state index in [1.165, 1.54) is 12.4 Å². The summed E-state index contributed by atoms with van der Waals surface area (Å²) in [7, 11) is 0. The van der Waals surface area contributed by atoms with Crippen molar-refractivity contribution in [3.05, 3.63) is 42.3 Å². The highest BCUT2D eigenvalue weighted by Crippen LogP contribution is 2.22. The average Bonchev–Trinajstić information content (AvgIpc) is 3.35. The summed E-state index contributed by atoms with van der Waals surface area (Å²) in [6, 6.07) is 5.86. The average molecular weight is 402 g/mol. The number of hydrogen-bond donors (Lipinski definition) is 2. The standard InChI is InChI=1S/C19H23FN6O3/c1-19(2,3)14(10-28-13-7-5-4-6-12(13)20)23-15(27)8-9-16-24-18(26-29-16)17-21-11-22-25-17/h4-7,11,14H,8-10H2,1-3H3,(H,23,27)(H,21,22,25). The molecule has 0 aliphatic rings. The summed E-state index contributed by atoms with van der Waals surface area (Å²) < 4.78 is 24.5. The highest BCUT2D eigenvalue weighted by atomic mass is 19.1. The monoisotopic (exact) mass is 402 g/mol. The van der Waals surface area contributed by atoms with E-state index >= 15 is 0 Å². The van der Waals surface area contributed by atoms with E-state index in [0.29, 0.717) is 11.7 Å². The maximum absolute atomic E-state index is 13.8. The molecule has 0 radical (unpaired) electrons. The van der Waals surface area contributed by atoms with Crippen LogP contribution in [0.25, 0.3) is 11.6 Å². The van der Waals surface area contributed by atoms with Crippen molar-refractivity contribution in [2.24, 2.45) is 5.41 Å². The van der Waals surface area contributed by atoms with E-state index in [0.717, 1.165) is 0 Å². The van der Waals surface area contributed by atoms with E-state index in [-0.39, 0.29) is 48.4 Å². The zero-order valence-corrected chi connectivity index (χ0v) is 16.5. The number of aromatic amines is 1. The molecule has 0 fully saturated rings. The molecule has 1 amide bonds. The number of rotatable bonds is 8. The molecule has 154 valence electrons. The predicted octanol–water partition coefficient (Wildman–Crippen LogP) is 2.54. The SMILES string of the molecule is CC(C)(C)C(COc1ccccc1F)NC(=O)CCc1nc(-c2ncn[nH]2)no1. The lowest BCUT2D eigenvalue weighted by molar-refractivity contribution is -0.123. The second-order valence-electron chi connectivity index (χ2n) is 7.57. The number of nitrogens with one attached hydrogen (secondary N) is 2. The fraction of sp³-hybridized carbons (Fsp3) is 0.421. The van der Waals surface area contributed by atoms with Gasteiger partial charge in [0.1, 0.15) is 12.9 Å². The van der Waals surface area contributed by atoms with Gasteiger partial charge in [-0.2, -0.15) is 10.1 Å². The molecule has 2 N–H and O–H groups in total. The Hall–Kier alpha value is -3.30. The number of para-hydroxylation sites is 1. The van der Waals surface area contributed by atoms with Crippen LogP contribution in [-0.4, -0.2) is 43.9 Å². The highest BCUT2D eigenvalue weighted by Gasteiger charge is 2.27. The van der Waals surface area contributed by atoms with Crippen LogP contribution in [0.15, 0.2) is 35.1 Å². The summed E-state index contributed by atoms with van der Waals surface area (Å²) >= 11 is 0. The minimum atomic E-state index is -0.439. The Morgan fingerprint density at radius 1 is 1.34 bits per heavy atom. The van der Waals surface area contributed by atoms with Crippen LogP contribution < -0.4 is 10.1 Å². The molecule has 2 aromatic heterocycles. The third kappa shape index (κ3) is 5.59. The number of halogens is 1. The number of aryl methyl sites for hydroxylation is 1. The molecule has 1 atom stereocenters. The van der Waals surface area contributed by atoms with Crippen LogP contribution >= 0.6 is 0 Å². The van der Waals surface area contributed by atoms with Gasteiger partial charge < -0.3 is 14.6 Å². The van der Waals surface area contributed by atoms with Crippen molar-refractivity contribution in [3.8, 4) is 17.4 Å². The smallest absolute Gasteiger partial charge is 0.239 e. The van der Waals surface area contributed by atoms with Crippen molar-refractivity contribution in [2.45, 2.75) is 39.7 Å².